The molecule has 1 aromatic heterocycles. The van der Waals surface area contributed by atoms with E-state index in [4.69, 9.17) is 0 Å². The zero-order valence-corrected chi connectivity index (χ0v) is 15.2. The van der Waals surface area contributed by atoms with Gasteiger partial charge in [-0.15, -0.1) is 24.8 Å². The number of hydrogen-bond donors (Lipinski definition) is 2. The van der Waals surface area contributed by atoms with Crippen molar-refractivity contribution in [1.29, 1.82) is 0 Å². The number of benzene rings is 1. The summed E-state index contributed by atoms with van der Waals surface area (Å²) in [7, 11) is 0. The van der Waals surface area contributed by atoms with Crippen molar-refractivity contribution in [2.75, 3.05) is 26.2 Å². The van der Waals surface area contributed by atoms with E-state index in [0.29, 0.717) is 6.04 Å². The Bertz CT molecular complexity index is 583. The number of halogens is 2. The van der Waals surface area contributed by atoms with Crippen molar-refractivity contribution >= 4 is 35.7 Å². The van der Waals surface area contributed by atoms with E-state index < -0.39 is 0 Å². The Hall–Kier alpha value is -0.740. The molecule has 0 aliphatic carbocycles. The number of aromatic nitrogens is 1. The normalized spacial score (nSPS) is 17.6. The van der Waals surface area contributed by atoms with Gasteiger partial charge in [-0.3, -0.25) is 4.90 Å². The molecule has 124 valence electrons. The van der Waals surface area contributed by atoms with E-state index in [1.54, 1.807) is 0 Å². The Morgan fingerprint density at radius 2 is 1.73 bits per heavy atom. The number of rotatable bonds is 2. The van der Waals surface area contributed by atoms with Gasteiger partial charge < -0.3 is 10.3 Å². The summed E-state index contributed by atoms with van der Waals surface area (Å²) in [5.74, 6) is 0. The van der Waals surface area contributed by atoms with Crippen molar-refractivity contribution in [2.24, 2.45) is 5.41 Å². The first-order valence-corrected chi connectivity index (χ1v) is 7.57. The van der Waals surface area contributed by atoms with E-state index in [9.17, 15) is 0 Å². The minimum absolute atomic E-state index is 0. The largest absolute Gasteiger partial charge is 0.361 e. The number of aromatic amines is 1. The molecule has 0 saturated carbocycles. The lowest BCUT2D eigenvalue weighted by Crippen LogP contribution is -2.48. The number of hydrogen-bond acceptors (Lipinski definition) is 2. The van der Waals surface area contributed by atoms with Crippen molar-refractivity contribution < 1.29 is 0 Å². The summed E-state index contributed by atoms with van der Waals surface area (Å²) in [6, 6.07) is 9.47. The minimum atomic E-state index is 0. The lowest BCUT2D eigenvalue weighted by atomic mass is 9.80. The second-order valence-corrected chi connectivity index (χ2v) is 6.88. The van der Waals surface area contributed by atoms with Crippen LogP contribution in [0.25, 0.3) is 10.9 Å². The SMILES string of the molecule is CC(C)(C)[C@@H](c1ccc2cc[nH]c2c1)N1CCNCC1.Cl.Cl. The third-order valence-electron chi connectivity index (χ3n) is 4.23. The van der Waals surface area contributed by atoms with Crippen molar-refractivity contribution in [3.8, 4) is 0 Å². The van der Waals surface area contributed by atoms with Gasteiger partial charge in [0.05, 0.1) is 0 Å². The summed E-state index contributed by atoms with van der Waals surface area (Å²) in [5.41, 5.74) is 2.90. The standard InChI is InChI=1S/C17H25N3.2ClH/c1-17(2,3)16(20-10-8-18-9-11-20)14-5-4-13-6-7-19-15(13)12-14;;/h4-7,12,16,18-19H,8-11H2,1-3H3;2*1H/t16-;;/m1../s1. The molecule has 0 spiro atoms. The van der Waals surface area contributed by atoms with Crippen LogP contribution in [0, 0.1) is 5.41 Å². The summed E-state index contributed by atoms with van der Waals surface area (Å²) in [5, 5.41) is 4.74. The van der Waals surface area contributed by atoms with Gasteiger partial charge in [0.25, 0.3) is 0 Å². The highest BCUT2D eigenvalue weighted by Crippen LogP contribution is 2.38. The highest BCUT2D eigenvalue weighted by Gasteiger charge is 2.32. The van der Waals surface area contributed by atoms with Crippen LogP contribution in [-0.2, 0) is 0 Å². The molecule has 2 aromatic rings. The zero-order chi connectivity index (χ0) is 14.2. The topological polar surface area (TPSA) is 31.1 Å². The summed E-state index contributed by atoms with van der Waals surface area (Å²) < 4.78 is 0. The van der Waals surface area contributed by atoms with Crippen LogP contribution in [0.4, 0.5) is 0 Å². The highest BCUT2D eigenvalue weighted by atomic mass is 35.5. The number of nitrogens with zero attached hydrogens (tertiary/aromatic N) is 1. The molecule has 1 saturated heterocycles. The maximum absolute atomic E-state index is 3.45. The molecule has 0 bridgehead atoms. The van der Waals surface area contributed by atoms with Crippen LogP contribution in [0.2, 0.25) is 0 Å². The van der Waals surface area contributed by atoms with Crippen LogP contribution in [0.5, 0.6) is 0 Å². The van der Waals surface area contributed by atoms with Crippen LogP contribution >= 0.6 is 24.8 Å². The molecule has 5 heteroatoms. The third kappa shape index (κ3) is 3.96. The second-order valence-electron chi connectivity index (χ2n) is 6.88. The zero-order valence-electron chi connectivity index (χ0n) is 13.6. The van der Waals surface area contributed by atoms with Gasteiger partial charge in [0, 0.05) is 43.9 Å². The number of fused-ring (bicyclic) bond motifs is 1. The maximum atomic E-state index is 3.45. The fourth-order valence-electron chi connectivity index (χ4n) is 3.43. The van der Waals surface area contributed by atoms with Crippen molar-refractivity contribution in [3.63, 3.8) is 0 Å². The van der Waals surface area contributed by atoms with E-state index >= 15 is 0 Å². The molecule has 2 heterocycles. The first-order valence-electron chi connectivity index (χ1n) is 7.57. The quantitative estimate of drug-likeness (QED) is 0.863. The van der Waals surface area contributed by atoms with E-state index in [0.717, 1.165) is 26.2 Å². The smallest absolute Gasteiger partial charge is 0.0457 e. The monoisotopic (exact) mass is 343 g/mol. The van der Waals surface area contributed by atoms with E-state index in [1.807, 2.05) is 6.20 Å². The Morgan fingerprint density at radius 3 is 2.36 bits per heavy atom. The Labute approximate surface area is 145 Å². The van der Waals surface area contributed by atoms with Gasteiger partial charge in [0.2, 0.25) is 0 Å². The van der Waals surface area contributed by atoms with Crippen LogP contribution in [-0.4, -0.2) is 36.1 Å². The molecule has 1 aliphatic rings. The molecule has 0 radical (unpaired) electrons. The summed E-state index contributed by atoms with van der Waals surface area (Å²) in [6.45, 7) is 11.5. The number of piperazine rings is 1. The first kappa shape index (κ1) is 19.3. The van der Waals surface area contributed by atoms with Crippen molar-refractivity contribution in [1.82, 2.24) is 15.2 Å². The molecule has 3 rings (SSSR count). The average Bonchev–Trinajstić information content (AvgIpc) is 2.86. The summed E-state index contributed by atoms with van der Waals surface area (Å²) in [6.07, 6.45) is 2.02. The molecule has 1 aliphatic heterocycles. The number of H-pyrrole nitrogens is 1. The van der Waals surface area contributed by atoms with Crippen molar-refractivity contribution in [3.05, 3.63) is 36.0 Å². The first-order chi connectivity index (χ1) is 9.55. The molecule has 22 heavy (non-hydrogen) atoms. The average molecular weight is 344 g/mol. The number of nitrogens with one attached hydrogen (secondary N) is 2. The molecular formula is C17H27Cl2N3. The van der Waals surface area contributed by atoms with Gasteiger partial charge in [-0.05, 0) is 28.5 Å². The highest BCUT2D eigenvalue weighted by molar-refractivity contribution is 5.85. The fraction of sp³-hybridized carbons (Fsp3) is 0.529. The van der Waals surface area contributed by atoms with Gasteiger partial charge in [-0.2, -0.15) is 0 Å². The van der Waals surface area contributed by atoms with Gasteiger partial charge in [-0.1, -0.05) is 32.9 Å². The molecule has 1 fully saturated rings. The molecule has 0 unspecified atom stereocenters. The third-order valence-corrected chi connectivity index (χ3v) is 4.23. The molecule has 0 amide bonds. The van der Waals surface area contributed by atoms with E-state index in [1.165, 1.54) is 16.5 Å². The van der Waals surface area contributed by atoms with Gasteiger partial charge in [-0.25, -0.2) is 0 Å². The Morgan fingerprint density at radius 1 is 1.05 bits per heavy atom. The van der Waals surface area contributed by atoms with E-state index in [2.05, 4.69) is 60.2 Å². The van der Waals surface area contributed by atoms with Crippen LogP contribution in [0.15, 0.2) is 30.5 Å². The predicted molar refractivity (Wildman–Crippen MR) is 99.4 cm³/mol. The Balaban J connectivity index is 0.00000121. The van der Waals surface area contributed by atoms with Crippen molar-refractivity contribution in [2.45, 2.75) is 26.8 Å². The van der Waals surface area contributed by atoms with Crippen LogP contribution in [0.1, 0.15) is 32.4 Å². The van der Waals surface area contributed by atoms with Gasteiger partial charge in [0.15, 0.2) is 0 Å². The lowest BCUT2D eigenvalue weighted by molar-refractivity contribution is 0.0863. The second kappa shape index (κ2) is 7.69. The van der Waals surface area contributed by atoms with Gasteiger partial charge in [0.1, 0.15) is 0 Å². The molecule has 3 nitrogen and oxygen atoms in total. The predicted octanol–water partition coefficient (Wildman–Crippen LogP) is 4.00. The van der Waals surface area contributed by atoms with Crippen LogP contribution < -0.4 is 5.32 Å². The maximum Gasteiger partial charge on any atom is 0.0457 e. The van der Waals surface area contributed by atoms with E-state index in [-0.39, 0.29) is 30.2 Å². The summed E-state index contributed by atoms with van der Waals surface area (Å²) >= 11 is 0. The minimum Gasteiger partial charge on any atom is -0.361 e. The molecule has 2 N–H and O–H groups in total. The summed E-state index contributed by atoms with van der Waals surface area (Å²) in [4.78, 5) is 5.96. The molecular weight excluding hydrogens is 317 g/mol. The molecule has 1 aromatic carbocycles. The van der Waals surface area contributed by atoms with Crippen LogP contribution in [0.3, 0.4) is 0 Å². The lowest BCUT2D eigenvalue weighted by Gasteiger charge is -2.42. The fourth-order valence-corrected chi connectivity index (χ4v) is 3.43. The Kier molecular flexibility index (Phi) is 6.75. The van der Waals surface area contributed by atoms with Gasteiger partial charge >= 0.3 is 0 Å². The molecule has 1 atom stereocenters.